The second-order valence-corrected chi connectivity index (χ2v) is 5.52. The Morgan fingerprint density at radius 1 is 1.45 bits per heavy atom. The number of imidazole rings is 1. The molecule has 0 spiro atoms. The SMILES string of the molecule is CNC1=C(C=N)CCC(n2cnc3c2C(=O)CCC3)C1. The molecule has 1 aromatic rings. The standard InChI is InChI=1S/C15H20N4O/c1-17-13-7-11(6-5-10(13)8-16)19-9-18-12-3-2-4-14(20)15(12)19/h8-9,11,16-17H,2-7H2,1H3. The van der Waals surface area contributed by atoms with Crippen molar-refractivity contribution in [3.63, 3.8) is 0 Å². The zero-order valence-corrected chi connectivity index (χ0v) is 11.8. The van der Waals surface area contributed by atoms with E-state index in [4.69, 9.17) is 5.41 Å². The van der Waals surface area contributed by atoms with Crippen LogP contribution in [0.1, 0.15) is 54.3 Å². The first-order chi connectivity index (χ1) is 9.74. The van der Waals surface area contributed by atoms with Gasteiger partial charge in [-0.3, -0.25) is 4.79 Å². The van der Waals surface area contributed by atoms with Gasteiger partial charge in [0, 0.05) is 37.8 Å². The molecule has 5 nitrogen and oxygen atoms in total. The van der Waals surface area contributed by atoms with Gasteiger partial charge in [-0.25, -0.2) is 4.98 Å². The first-order valence-electron chi connectivity index (χ1n) is 7.23. The van der Waals surface area contributed by atoms with E-state index in [-0.39, 0.29) is 11.8 Å². The van der Waals surface area contributed by atoms with Gasteiger partial charge in [-0.1, -0.05) is 0 Å². The molecule has 0 bridgehead atoms. The van der Waals surface area contributed by atoms with Crippen LogP contribution >= 0.6 is 0 Å². The fourth-order valence-electron chi connectivity index (χ4n) is 3.30. The summed E-state index contributed by atoms with van der Waals surface area (Å²) in [7, 11) is 1.90. The van der Waals surface area contributed by atoms with E-state index in [0.717, 1.165) is 54.8 Å². The van der Waals surface area contributed by atoms with Crippen LogP contribution in [-0.2, 0) is 6.42 Å². The van der Waals surface area contributed by atoms with Gasteiger partial charge in [0.25, 0.3) is 0 Å². The zero-order chi connectivity index (χ0) is 14.1. The third-order valence-corrected chi connectivity index (χ3v) is 4.39. The summed E-state index contributed by atoms with van der Waals surface area (Å²) < 4.78 is 2.08. The number of nitrogens with one attached hydrogen (secondary N) is 2. The Labute approximate surface area is 118 Å². The molecule has 1 atom stereocenters. The largest absolute Gasteiger partial charge is 0.391 e. The van der Waals surface area contributed by atoms with Crippen LogP contribution in [0.25, 0.3) is 0 Å². The van der Waals surface area contributed by atoms with Crippen LogP contribution < -0.4 is 5.32 Å². The molecule has 106 valence electrons. The van der Waals surface area contributed by atoms with Gasteiger partial charge in [-0.15, -0.1) is 0 Å². The van der Waals surface area contributed by atoms with Crippen LogP contribution in [0.15, 0.2) is 17.6 Å². The van der Waals surface area contributed by atoms with Crippen LogP contribution in [0.2, 0.25) is 0 Å². The Bertz CT molecular complexity index is 585. The van der Waals surface area contributed by atoms with Crippen molar-refractivity contribution >= 4 is 12.0 Å². The van der Waals surface area contributed by atoms with E-state index in [9.17, 15) is 4.79 Å². The van der Waals surface area contributed by atoms with Crippen molar-refractivity contribution in [3.05, 3.63) is 29.0 Å². The van der Waals surface area contributed by atoms with Crippen LogP contribution in [0.5, 0.6) is 0 Å². The fraction of sp³-hybridized carbons (Fsp3) is 0.533. The third-order valence-electron chi connectivity index (χ3n) is 4.39. The molecule has 0 saturated heterocycles. The van der Waals surface area contributed by atoms with Crippen molar-refractivity contribution in [2.75, 3.05) is 7.05 Å². The molecular formula is C15H20N4O. The molecule has 0 fully saturated rings. The Balaban J connectivity index is 1.92. The third kappa shape index (κ3) is 2.07. The molecule has 1 unspecified atom stereocenters. The minimum absolute atomic E-state index is 0.233. The number of rotatable bonds is 3. The van der Waals surface area contributed by atoms with Crippen molar-refractivity contribution in [2.45, 2.75) is 44.6 Å². The predicted molar refractivity (Wildman–Crippen MR) is 77.3 cm³/mol. The molecule has 0 amide bonds. The van der Waals surface area contributed by atoms with Gasteiger partial charge in [0.1, 0.15) is 5.69 Å². The number of hydrogen-bond acceptors (Lipinski definition) is 4. The van der Waals surface area contributed by atoms with Crippen LogP contribution in [0.4, 0.5) is 0 Å². The normalized spacial score (nSPS) is 22.6. The number of aromatic nitrogens is 2. The highest BCUT2D eigenvalue weighted by molar-refractivity contribution is 5.96. The number of aryl methyl sites for hydroxylation is 1. The van der Waals surface area contributed by atoms with Gasteiger partial charge in [0.15, 0.2) is 5.78 Å². The molecule has 0 radical (unpaired) electrons. The number of fused-ring (bicyclic) bond motifs is 1. The van der Waals surface area contributed by atoms with Gasteiger partial charge < -0.3 is 15.3 Å². The minimum atomic E-state index is 0.233. The Morgan fingerprint density at radius 3 is 3.05 bits per heavy atom. The van der Waals surface area contributed by atoms with E-state index in [1.165, 1.54) is 6.21 Å². The predicted octanol–water partition coefficient (Wildman–Crippen LogP) is 2.25. The molecule has 0 aliphatic heterocycles. The molecule has 5 heteroatoms. The number of ketones is 1. The first kappa shape index (κ1) is 13.1. The molecule has 0 aromatic carbocycles. The molecule has 0 saturated carbocycles. The van der Waals surface area contributed by atoms with Crippen LogP contribution in [0, 0.1) is 5.41 Å². The van der Waals surface area contributed by atoms with Crippen molar-refractivity contribution in [2.24, 2.45) is 0 Å². The van der Waals surface area contributed by atoms with E-state index in [0.29, 0.717) is 6.42 Å². The number of hydrogen-bond donors (Lipinski definition) is 2. The topological polar surface area (TPSA) is 70.8 Å². The average molecular weight is 272 g/mol. The molecule has 1 heterocycles. The quantitative estimate of drug-likeness (QED) is 0.829. The lowest BCUT2D eigenvalue weighted by Gasteiger charge is -2.28. The number of carbonyl (C=O) groups excluding carboxylic acids is 1. The lowest BCUT2D eigenvalue weighted by molar-refractivity contribution is 0.0959. The van der Waals surface area contributed by atoms with Crippen LogP contribution in [-0.4, -0.2) is 28.6 Å². The molecule has 1 aromatic heterocycles. The van der Waals surface area contributed by atoms with Crippen molar-refractivity contribution in [3.8, 4) is 0 Å². The van der Waals surface area contributed by atoms with E-state index in [2.05, 4.69) is 14.9 Å². The Morgan fingerprint density at radius 2 is 2.30 bits per heavy atom. The molecule has 2 aliphatic carbocycles. The van der Waals surface area contributed by atoms with Crippen molar-refractivity contribution in [1.82, 2.24) is 14.9 Å². The summed E-state index contributed by atoms with van der Waals surface area (Å²) >= 11 is 0. The highest BCUT2D eigenvalue weighted by Gasteiger charge is 2.28. The second-order valence-electron chi connectivity index (χ2n) is 5.52. The molecule has 2 aliphatic rings. The summed E-state index contributed by atoms with van der Waals surface area (Å²) in [6.45, 7) is 0. The monoisotopic (exact) mass is 272 g/mol. The summed E-state index contributed by atoms with van der Waals surface area (Å²) in [5, 5.41) is 10.7. The molecule has 20 heavy (non-hydrogen) atoms. The average Bonchev–Trinajstić information content (AvgIpc) is 2.92. The second kappa shape index (κ2) is 5.23. The number of allylic oxidation sites excluding steroid dienone is 2. The summed E-state index contributed by atoms with van der Waals surface area (Å²) in [4.78, 5) is 16.6. The maximum absolute atomic E-state index is 12.2. The molecule has 2 N–H and O–H groups in total. The number of Topliss-reactive ketones (excluding diaryl/α,β-unsaturated/α-hetero) is 1. The van der Waals surface area contributed by atoms with Gasteiger partial charge in [-0.2, -0.15) is 0 Å². The van der Waals surface area contributed by atoms with E-state index in [1.54, 1.807) is 0 Å². The zero-order valence-electron chi connectivity index (χ0n) is 11.8. The van der Waals surface area contributed by atoms with Gasteiger partial charge in [-0.05, 0) is 31.3 Å². The number of nitrogens with zero attached hydrogens (tertiary/aromatic N) is 2. The Kier molecular flexibility index (Phi) is 3.42. The fourth-order valence-corrected chi connectivity index (χ4v) is 3.30. The van der Waals surface area contributed by atoms with Crippen LogP contribution in [0.3, 0.4) is 0 Å². The highest BCUT2D eigenvalue weighted by atomic mass is 16.1. The van der Waals surface area contributed by atoms with E-state index < -0.39 is 0 Å². The summed E-state index contributed by atoms with van der Waals surface area (Å²) in [5.41, 5.74) is 3.98. The van der Waals surface area contributed by atoms with Crippen molar-refractivity contribution in [1.29, 1.82) is 5.41 Å². The first-order valence-corrected chi connectivity index (χ1v) is 7.23. The Hall–Kier alpha value is -1.91. The van der Waals surface area contributed by atoms with Crippen molar-refractivity contribution < 1.29 is 4.79 Å². The summed E-state index contributed by atoms with van der Waals surface area (Å²) in [6.07, 6.45) is 8.45. The van der Waals surface area contributed by atoms with E-state index in [1.807, 2.05) is 13.4 Å². The number of carbonyl (C=O) groups is 1. The lowest BCUT2D eigenvalue weighted by Crippen LogP contribution is -2.24. The smallest absolute Gasteiger partial charge is 0.181 e. The summed E-state index contributed by atoms with van der Waals surface area (Å²) in [6, 6.07) is 0.277. The van der Waals surface area contributed by atoms with Gasteiger partial charge in [0.05, 0.1) is 12.0 Å². The highest BCUT2D eigenvalue weighted by Crippen LogP contribution is 2.33. The molecular weight excluding hydrogens is 252 g/mol. The lowest BCUT2D eigenvalue weighted by atomic mass is 9.91. The summed E-state index contributed by atoms with van der Waals surface area (Å²) in [5.74, 6) is 0.233. The maximum atomic E-state index is 12.2. The van der Waals surface area contributed by atoms with Gasteiger partial charge >= 0.3 is 0 Å². The van der Waals surface area contributed by atoms with E-state index >= 15 is 0 Å². The maximum Gasteiger partial charge on any atom is 0.181 e. The minimum Gasteiger partial charge on any atom is -0.391 e. The molecule has 3 rings (SSSR count). The van der Waals surface area contributed by atoms with Gasteiger partial charge in [0.2, 0.25) is 0 Å².